The minimum atomic E-state index is 0.236. The van der Waals surface area contributed by atoms with Crippen molar-refractivity contribution in [1.82, 2.24) is 9.97 Å². The van der Waals surface area contributed by atoms with Gasteiger partial charge >= 0.3 is 0 Å². The van der Waals surface area contributed by atoms with Crippen LogP contribution in [0.3, 0.4) is 0 Å². The molecule has 0 aromatic carbocycles. The van der Waals surface area contributed by atoms with Crippen LogP contribution in [0, 0.1) is 0 Å². The number of halogens is 1. The third kappa shape index (κ3) is 3.83. The maximum absolute atomic E-state index is 5.91. The Morgan fingerprint density at radius 1 is 1.44 bits per heavy atom. The largest absolute Gasteiger partial charge is 0.383 e. The SMILES string of the molecule is CNc1c(Cl)ncnc1NCCOC(C)C. The van der Waals surface area contributed by atoms with Crippen molar-refractivity contribution in [2.24, 2.45) is 0 Å². The molecule has 90 valence electrons. The molecule has 1 rings (SSSR count). The Morgan fingerprint density at radius 2 is 2.19 bits per heavy atom. The molecule has 0 aliphatic heterocycles. The van der Waals surface area contributed by atoms with Gasteiger partial charge in [0.1, 0.15) is 12.0 Å². The molecule has 0 aliphatic carbocycles. The highest BCUT2D eigenvalue weighted by atomic mass is 35.5. The Morgan fingerprint density at radius 3 is 2.81 bits per heavy atom. The van der Waals surface area contributed by atoms with Crippen LogP contribution in [0.15, 0.2) is 6.33 Å². The highest BCUT2D eigenvalue weighted by Crippen LogP contribution is 2.24. The quantitative estimate of drug-likeness (QED) is 0.592. The molecule has 1 heterocycles. The third-order valence-corrected chi connectivity index (χ3v) is 2.18. The summed E-state index contributed by atoms with van der Waals surface area (Å²) in [5.41, 5.74) is 0.703. The lowest BCUT2D eigenvalue weighted by Crippen LogP contribution is -2.15. The number of rotatable bonds is 6. The van der Waals surface area contributed by atoms with E-state index >= 15 is 0 Å². The topological polar surface area (TPSA) is 59.1 Å². The number of aromatic nitrogens is 2. The molecule has 0 fully saturated rings. The molecule has 0 atom stereocenters. The fourth-order valence-electron chi connectivity index (χ4n) is 1.18. The number of anilines is 2. The predicted molar refractivity (Wildman–Crippen MR) is 66.2 cm³/mol. The Balaban J connectivity index is 2.50. The lowest BCUT2D eigenvalue weighted by molar-refractivity contribution is 0.0870. The molecule has 1 aromatic heterocycles. The third-order valence-electron chi connectivity index (χ3n) is 1.90. The molecular formula is C10H17ClN4O. The van der Waals surface area contributed by atoms with Crippen LogP contribution in [0.5, 0.6) is 0 Å². The summed E-state index contributed by atoms with van der Waals surface area (Å²) in [7, 11) is 1.78. The standard InChI is InChI=1S/C10H17ClN4O/c1-7(2)16-5-4-13-10-8(12-3)9(11)14-6-15-10/h6-7,12H,4-5H2,1-3H3,(H,13,14,15). The van der Waals surface area contributed by atoms with Gasteiger partial charge in [-0.2, -0.15) is 0 Å². The van der Waals surface area contributed by atoms with Crippen molar-refractivity contribution in [3.63, 3.8) is 0 Å². The van der Waals surface area contributed by atoms with Gasteiger partial charge in [0, 0.05) is 13.6 Å². The van der Waals surface area contributed by atoms with Gasteiger partial charge in [-0.1, -0.05) is 11.6 Å². The zero-order chi connectivity index (χ0) is 12.0. The van der Waals surface area contributed by atoms with E-state index in [1.807, 2.05) is 13.8 Å². The summed E-state index contributed by atoms with van der Waals surface area (Å²) in [6.07, 6.45) is 1.66. The van der Waals surface area contributed by atoms with Gasteiger partial charge in [0.2, 0.25) is 0 Å². The van der Waals surface area contributed by atoms with Crippen LogP contribution >= 0.6 is 11.6 Å². The van der Waals surface area contributed by atoms with E-state index in [-0.39, 0.29) is 6.10 Å². The Hall–Kier alpha value is -1.07. The normalized spacial score (nSPS) is 10.6. The highest BCUT2D eigenvalue weighted by molar-refractivity contribution is 6.32. The molecule has 0 bridgehead atoms. The van der Waals surface area contributed by atoms with E-state index in [4.69, 9.17) is 16.3 Å². The number of nitrogens with zero attached hydrogens (tertiary/aromatic N) is 2. The Bertz CT molecular complexity index is 333. The smallest absolute Gasteiger partial charge is 0.157 e. The molecule has 0 saturated carbocycles. The molecule has 0 unspecified atom stereocenters. The van der Waals surface area contributed by atoms with E-state index in [9.17, 15) is 0 Å². The number of nitrogens with one attached hydrogen (secondary N) is 2. The van der Waals surface area contributed by atoms with Crippen LogP contribution in [-0.4, -0.2) is 36.3 Å². The molecule has 0 radical (unpaired) electrons. The van der Waals surface area contributed by atoms with E-state index in [1.54, 1.807) is 7.05 Å². The van der Waals surface area contributed by atoms with Gasteiger partial charge in [-0.3, -0.25) is 0 Å². The van der Waals surface area contributed by atoms with Gasteiger partial charge in [-0.15, -0.1) is 0 Å². The molecule has 1 aromatic rings. The first kappa shape index (κ1) is 13.0. The molecule has 6 heteroatoms. The molecule has 0 aliphatic rings. The minimum absolute atomic E-state index is 0.236. The van der Waals surface area contributed by atoms with Gasteiger partial charge in [-0.25, -0.2) is 9.97 Å². The summed E-state index contributed by atoms with van der Waals surface area (Å²) >= 11 is 5.91. The van der Waals surface area contributed by atoms with E-state index in [2.05, 4.69) is 20.6 Å². The van der Waals surface area contributed by atoms with Gasteiger partial charge in [-0.05, 0) is 13.8 Å². The van der Waals surface area contributed by atoms with Crippen LogP contribution in [0.4, 0.5) is 11.5 Å². The highest BCUT2D eigenvalue weighted by Gasteiger charge is 2.07. The van der Waals surface area contributed by atoms with Crippen molar-refractivity contribution in [1.29, 1.82) is 0 Å². The Labute approximate surface area is 101 Å². The summed E-state index contributed by atoms with van der Waals surface area (Å²) in [5.74, 6) is 0.690. The monoisotopic (exact) mass is 244 g/mol. The summed E-state index contributed by atoms with van der Waals surface area (Å²) in [6, 6.07) is 0. The van der Waals surface area contributed by atoms with Crippen molar-refractivity contribution in [2.75, 3.05) is 30.8 Å². The predicted octanol–water partition coefficient (Wildman–Crippen LogP) is 2.01. The van der Waals surface area contributed by atoms with Crippen LogP contribution in [-0.2, 0) is 4.74 Å². The van der Waals surface area contributed by atoms with E-state index in [0.29, 0.717) is 29.8 Å². The van der Waals surface area contributed by atoms with Crippen molar-refractivity contribution in [2.45, 2.75) is 20.0 Å². The molecule has 0 saturated heterocycles. The van der Waals surface area contributed by atoms with Crippen LogP contribution in [0.1, 0.15) is 13.8 Å². The van der Waals surface area contributed by atoms with Crippen molar-refractivity contribution < 1.29 is 4.74 Å². The van der Waals surface area contributed by atoms with Crippen molar-refractivity contribution >= 4 is 23.1 Å². The molecule has 0 spiro atoms. The van der Waals surface area contributed by atoms with E-state index in [1.165, 1.54) is 6.33 Å². The summed E-state index contributed by atoms with van der Waals surface area (Å²) < 4.78 is 5.41. The van der Waals surface area contributed by atoms with Gasteiger partial charge in [0.15, 0.2) is 11.0 Å². The lowest BCUT2D eigenvalue weighted by atomic mass is 10.4. The molecule has 0 amide bonds. The molecule has 5 nitrogen and oxygen atoms in total. The maximum Gasteiger partial charge on any atom is 0.157 e. The Kier molecular flexibility index (Phi) is 5.28. The molecular weight excluding hydrogens is 228 g/mol. The second-order valence-corrected chi connectivity index (χ2v) is 3.84. The van der Waals surface area contributed by atoms with Crippen LogP contribution in [0.25, 0.3) is 0 Å². The summed E-state index contributed by atoms with van der Waals surface area (Å²) in [6.45, 7) is 5.31. The van der Waals surface area contributed by atoms with Crippen LogP contribution < -0.4 is 10.6 Å². The first-order valence-electron chi connectivity index (χ1n) is 5.19. The first-order valence-corrected chi connectivity index (χ1v) is 5.56. The van der Waals surface area contributed by atoms with Crippen molar-refractivity contribution in [3.8, 4) is 0 Å². The lowest BCUT2D eigenvalue weighted by Gasteiger charge is -2.12. The average molecular weight is 245 g/mol. The zero-order valence-electron chi connectivity index (χ0n) is 9.75. The first-order chi connectivity index (χ1) is 7.65. The molecule has 16 heavy (non-hydrogen) atoms. The van der Waals surface area contributed by atoms with E-state index < -0.39 is 0 Å². The summed E-state index contributed by atoms with van der Waals surface area (Å²) in [5, 5.41) is 6.50. The fraction of sp³-hybridized carbons (Fsp3) is 0.600. The minimum Gasteiger partial charge on any atom is -0.383 e. The fourth-order valence-corrected chi connectivity index (χ4v) is 1.41. The number of hydrogen-bond acceptors (Lipinski definition) is 5. The second-order valence-electron chi connectivity index (χ2n) is 3.48. The van der Waals surface area contributed by atoms with Gasteiger partial charge in [0.05, 0.1) is 12.7 Å². The molecule has 2 N–H and O–H groups in total. The maximum atomic E-state index is 5.91. The number of hydrogen-bond donors (Lipinski definition) is 2. The average Bonchev–Trinajstić information content (AvgIpc) is 2.24. The number of ether oxygens (including phenoxy) is 1. The van der Waals surface area contributed by atoms with Crippen LogP contribution in [0.2, 0.25) is 5.15 Å². The zero-order valence-corrected chi connectivity index (χ0v) is 10.5. The second kappa shape index (κ2) is 6.50. The van der Waals surface area contributed by atoms with E-state index in [0.717, 1.165) is 0 Å². The van der Waals surface area contributed by atoms with Gasteiger partial charge < -0.3 is 15.4 Å². The van der Waals surface area contributed by atoms with Gasteiger partial charge in [0.25, 0.3) is 0 Å². The van der Waals surface area contributed by atoms with Crippen molar-refractivity contribution in [3.05, 3.63) is 11.5 Å². The summed E-state index contributed by atoms with van der Waals surface area (Å²) in [4.78, 5) is 7.99.